The summed E-state index contributed by atoms with van der Waals surface area (Å²) in [4.78, 5) is 4.14. The van der Waals surface area contributed by atoms with Gasteiger partial charge in [-0.05, 0) is 31.5 Å². The van der Waals surface area contributed by atoms with Crippen molar-refractivity contribution < 1.29 is 4.52 Å². The Labute approximate surface area is 130 Å². The molecule has 1 heterocycles. The maximum Gasteiger partial charge on any atom is 0.278 e. The number of rotatable bonds is 2. The SMILES string of the molecule is CC(C)(c1cccc(Cl)c1)c1noc(C(Cl)(Cl)Cl)n1. The number of aromatic nitrogens is 2. The van der Waals surface area contributed by atoms with E-state index in [0.717, 1.165) is 5.56 Å². The third kappa shape index (κ3) is 3.16. The lowest BCUT2D eigenvalue weighted by Gasteiger charge is -2.21. The van der Waals surface area contributed by atoms with Gasteiger partial charge in [0.25, 0.3) is 9.68 Å². The van der Waals surface area contributed by atoms with Crippen LogP contribution in [0, 0.1) is 0 Å². The molecule has 0 spiro atoms. The molecule has 2 aromatic rings. The highest BCUT2D eigenvalue weighted by molar-refractivity contribution is 6.66. The lowest BCUT2D eigenvalue weighted by Crippen LogP contribution is -2.21. The Kier molecular flexibility index (Phi) is 4.03. The fraction of sp³-hybridized carbons (Fsp3) is 0.333. The van der Waals surface area contributed by atoms with Crippen molar-refractivity contribution >= 4 is 46.4 Å². The minimum absolute atomic E-state index is 0.0531. The summed E-state index contributed by atoms with van der Waals surface area (Å²) in [5.74, 6) is 0.374. The van der Waals surface area contributed by atoms with Crippen LogP contribution >= 0.6 is 46.4 Å². The highest BCUT2D eigenvalue weighted by Gasteiger charge is 2.35. The van der Waals surface area contributed by atoms with Crippen LogP contribution in [0.1, 0.15) is 31.1 Å². The van der Waals surface area contributed by atoms with E-state index in [9.17, 15) is 0 Å². The van der Waals surface area contributed by atoms with Crippen molar-refractivity contribution in [1.29, 1.82) is 0 Å². The zero-order chi connectivity index (χ0) is 14.3. The van der Waals surface area contributed by atoms with Gasteiger partial charge in [-0.1, -0.05) is 63.7 Å². The van der Waals surface area contributed by atoms with E-state index < -0.39 is 9.21 Å². The molecule has 0 aliphatic carbocycles. The molecule has 0 atom stereocenters. The van der Waals surface area contributed by atoms with Gasteiger partial charge >= 0.3 is 0 Å². The molecule has 102 valence electrons. The van der Waals surface area contributed by atoms with E-state index in [0.29, 0.717) is 10.8 Å². The second kappa shape index (κ2) is 5.13. The van der Waals surface area contributed by atoms with Crippen molar-refractivity contribution in [2.45, 2.75) is 23.1 Å². The van der Waals surface area contributed by atoms with E-state index >= 15 is 0 Å². The van der Waals surface area contributed by atoms with Crippen molar-refractivity contribution in [3.63, 3.8) is 0 Å². The molecule has 0 saturated heterocycles. The van der Waals surface area contributed by atoms with Gasteiger partial charge in [-0.25, -0.2) is 0 Å². The summed E-state index contributed by atoms with van der Waals surface area (Å²) >= 11 is 23.1. The topological polar surface area (TPSA) is 38.9 Å². The van der Waals surface area contributed by atoms with Crippen LogP contribution in [0.25, 0.3) is 0 Å². The molecule has 2 rings (SSSR count). The monoisotopic (exact) mass is 338 g/mol. The zero-order valence-corrected chi connectivity index (χ0v) is 13.1. The molecule has 19 heavy (non-hydrogen) atoms. The van der Waals surface area contributed by atoms with Crippen LogP contribution in [-0.2, 0) is 9.21 Å². The molecular weight excluding hydrogens is 330 g/mol. The normalized spacial score (nSPS) is 12.7. The molecule has 3 nitrogen and oxygen atoms in total. The van der Waals surface area contributed by atoms with Gasteiger partial charge in [-0.3, -0.25) is 0 Å². The zero-order valence-electron chi connectivity index (χ0n) is 10.1. The summed E-state index contributed by atoms with van der Waals surface area (Å²) in [6, 6.07) is 7.42. The smallest absolute Gasteiger partial charge is 0.278 e. The third-order valence-corrected chi connectivity index (χ3v) is 3.49. The van der Waals surface area contributed by atoms with Gasteiger partial charge < -0.3 is 4.52 Å². The molecular formula is C12H10Cl4N2O. The van der Waals surface area contributed by atoms with E-state index in [1.54, 1.807) is 6.07 Å². The quantitative estimate of drug-likeness (QED) is 0.732. The van der Waals surface area contributed by atoms with Crippen molar-refractivity contribution in [2.75, 3.05) is 0 Å². The van der Waals surface area contributed by atoms with Gasteiger partial charge in [0.2, 0.25) is 0 Å². The lowest BCUT2D eigenvalue weighted by atomic mass is 9.84. The molecule has 1 aromatic carbocycles. The molecule has 0 fully saturated rings. The number of halogens is 4. The van der Waals surface area contributed by atoms with Crippen LogP contribution in [-0.4, -0.2) is 10.1 Å². The molecule has 0 bridgehead atoms. The van der Waals surface area contributed by atoms with Gasteiger partial charge in [-0.15, -0.1) is 0 Å². The number of hydrogen-bond donors (Lipinski definition) is 0. The molecule has 0 aliphatic rings. The van der Waals surface area contributed by atoms with Crippen molar-refractivity contribution in [2.24, 2.45) is 0 Å². The van der Waals surface area contributed by atoms with Crippen LogP contribution in [0.2, 0.25) is 5.02 Å². The summed E-state index contributed by atoms with van der Waals surface area (Å²) in [6.07, 6.45) is 0. The first kappa shape index (κ1) is 14.9. The van der Waals surface area contributed by atoms with Gasteiger partial charge in [0.1, 0.15) is 0 Å². The summed E-state index contributed by atoms with van der Waals surface area (Å²) < 4.78 is 3.25. The number of benzene rings is 1. The standard InChI is InChI=1S/C12H10Cl4N2O/c1-11(2,7-4-3-5-8(13)6-7)9-17-10(19-18-9)12(14,15)16/h3-6H,1-2H3. The number of hydrogen-bond acceptors (Lipinski definition) is 3. The Morgan fingerprint density at radius 1 is 1.16 bits per heavy atom. The molecule has 7 heteroatoms. The third-order valence-electron chi connectivity index (χ3n) is 2.77. The largest absolute Gasteiger partial charge is 0.335 e. The van der Waals surface area contributed by atoms with Crippen LogP contribution in [0.4, 0.5) is 0 Å². The van der Waals surface area contributed by atoms with Gasteiger partial charge in [0.15, 0.2) is 5.82 Å². The second-order valence-electron chi connectivity index (χ2n) is 4.56. The Morgan fingerprint density at radius 2 is 1.84 bits per heavy atom. The summed E-state index contributed by atoms with van der Waals surface area (Å²) in [5.41, 5.74) is 0.430. The molecule has 0 saturated carbocycles. The van der Waals surface area contributed by atoms with Gasteiger partial charge in [0, 0.05) is 5.02 Å². The van der Waals surface area contributed by atoms with Gasteiger partial charge in [-0.2, -0.15) is 4.98 Å². The summed E-state index contributed by atoms with van der Waals surface area (Å²) in [6.45, 7) is 3.87. The number of alkyl halides is 3. The van der Waals surface area contributed by atoms with E-state index in [2.05, 4.69) is 10.1 Å². The lowest BCUT2D eigenvalue weighted by molar-refractivity contribution is 0.369. The van der Waals surface area contributed by atoms with Crippen molar-refractivity contribution in [3.05, 3.63) is 46.6 Å². The Morgan fingerprint density at radius 3 is 2.37 bits per heavy atom. The Hall–Kier alpha value is -0.480. The first-order valence-electron chi connectivity index (χ1n) is 5.38. The molecule has 1 aromatic heterocycles. The Bertz CT molecular complexity index is 589. The van der Waals surface area contributed by atoms with Crippen LogP contribution in [0.3, 0.4) is 0 Å². The second-order valence-corrected chi connectivity index (χ2v) is 7.27. The van der Waals surface area contributed by atoms with Crippen LogP contribution < -0.4 is 0 Å². The number of nitrogens with zero attached hydrogens (tertiary/aromatic N) is 2. The average molecular weight is 340 g/mol. The average Bonchev–Trinajstić information content (AvgIpc) is 2.78. The first-order valence-corrected chi connectivity index (χ1v) is 6.90. The molecule has 0 aliphatic heterocycles. The van der Waals surface area contributed by atoms with Gasteiger partial charge in [0.05, 0.1) is 5.41 Å². The Balaban J connectivity index is 2.42. The van der Waals surface area contributed by atoms with Crippen molar-refractivity contribution in [3.8, 4) is 0 Å². The fourth-order valence-corrected chi connectivity index (χ4v) is 2.02. The first-order chi connectivity index (χ1) is 8.71. The summed E-state index contributed by atoms with van der Waals surface area (Å²) in [5, 5.41) is 4.51. The van der Waals surface area contributed by atoms with E-state index in [-0.39, 0.29) is 5.89 Å². The predicted molar refractivity (Wildman–Crippen MR) is 77.1 cm³/mol. The summed E-state index contributed by atoms with van der Waals surface area (Å²) in [7, 11) is 0. The maximum absolute atomic E-state index is 5.99. The van der Waals surface area contributed by atoms with Crippen LogP contribution in [0.15, 0.2) is 28.8 Å². The molecule has 0 unspecified atom stereocenters. The molecule has 0 radical (unpaired) electrons. The minimum atomic E-state index is -1.73. The van der Waals surface area contributed by atoms with E-state index in [1.165, 1.54) is 0 Å². The minimum Gasteiger partial charge on any atom is -0.335 e. The fourth-order valence-electron chi connectivity index (χ4n) is 1.60. The van der Waals surface area contributed by atoms with E-state index in [4.69, 9.17) is 50.9 Å². The van der Waals surface area contributed by atoms with Crippen LogP contribution in [0.5, 0.6) is 0 Å². The molecule has 0 amide bonds. The van der Waals surface area contributed by atoms with E-state index in [1.807, 2.05) is 32.0 Å². The highest BCUT2D eigenvalue weighted by atomic mass is 35.6. The highest BCUT2D eigenvalue weighted by Crippen LogP contribution is 2.39. The maximum atomic E-state index is 5.99. The molecule has 0 N–H and O–H groups in total. The predicted octanol–water partition coefficient (Wildman–Crippen LogP) is 4.88. The van der Waals surface area contributed by atoms with Crippen molar-refractivity contribution in [1.82, 2.24) is 10.1 Å².